The average Bonchev–Trinajstić information content (AvgIpc) is 2.87. The number of anilines is 1. The van der Waals surface area contributed by atoms with E-state index in [4.69, 9.17) is 0 Å². The van der Waals surface area contributed by atoms with E-state index in [1.54, 1.807) is 0 Å². The number of carbonyl (C=O) groups is 2. The lowest BCUT2D eigenvalue weighted by Gasteiger charge is -2.29. The molecule has 2 heterocycles. The van der Waals surface area contributed by atoms with Crippen LogP contribution in [0.5, 0.6) is 0 Å². The number of nitrogens with one attached hydrogen (secondary N) is 2. The van der Waals surface area contributed by atoms with Gasteiger partial charge in [-0.15, -0.1) is 11.3 Å². The number of hydrogen-bond donors (Lipinski definition) is 3. The predicted octanol–water partition coefficient (Wildman–Crippen LogP) is 2.23. The number of hydrogen-bond acceptors (Lipinski definition) is 5. The molecule has 0 spiro atoms. The molecule has 1 aliphatic rings. The van der Waals surface area contributed by atoms with Crippen molar-refractivity contribution in [2.75, 3.05) is 31.5 Å². The largest absolute Gasteiger partial charge is 0.392 e. The third kappa shape index (κ3) is 5.80. The van der Waals surface area contributed by atoms with E-state index in [0.29, 0.717) is 23.7 Å². The van der Waals surface area contributed by atoms with Crippen molar-refractivity contribution in [2.45, 2.75) is 46.6 Å². The Hall–Kier alpha value is -1.44. The van der Waals surface area contributed by atoms with Crippen LogP contribution in [0.1, 0.15) is 48.8 Å². The second-order valence-corrected chi connectivity index (χ2v) is 8.91. The number of piperidine rings is 1. The third-order valence-electron chi connectivity index (χ3n) is 4.20. The molecule has 1 aromatic heterocycles. The molecule has 1 unspecified atom stereocenters. The number of aliphatic hydroxyl groups excluding tert-OH is 1. The summed E-state index contributed by atoms with van der Waals surface area (Å²) in [6.07, 6.45) is 1.58. The van der Waals surface area contributed by atoms with Crippen LogP contribution in [0.4, 0.5) is 5.00 Å². The minimum absolute atomic E-state index is 0.106. The molecule has 0 aromatic carbocycles. The molecule has 7 heteroatoms. The second kappa shape index (κ2) is 8.29. The minimum Gasteiger partial charge on any atom is -0.392 e. The number of β-amino-alcohol motifs (C(OH)–C–C–N with tert-alkyl or cyclic N) is 1. The molecule has 0 aliphatic carbocycles. The summed E-state index contributed by atoms with van der Waals surface area (Å²) < 4.78 is 0. The summed E-state index contributed by atoms with van der Waals surface area (Å²) >= 11 is 1.41. The zero-order chi connectivity index (χ0) is 18.6. The Morgan fingerprint density at radius 2 is 2.12 bits per heavy atom. The summed E-state index contributed by atoms with van der Waals surface area (Å²) in [6.45, 7) is 10.3. The lowest BCUT2D eigenvalue weighted by atomic mass is 9.96. The minimum atomic E-state index is -0.513. The first-order valence-electron chi connectivity index (χ1n) is 8.77. The van der Waals surface area contributed by atoms with Crippen LogP contribution in [0, 0.1) is 12.3 Å². The highest BCUT2D eigenvalue weighted by atomic mass is 32.1. The van der Waals surface area contributed by atoms with Crippen molar-refractivity contribution in [1.82, 2.24) is 10.2 Å². The predicted molar refractivity (Wildman–Crippen MR) is 101 cm³/mol. The molecule has 1 atom stereocenters. The summed E-state index contributed by atoms with van der Waals surface area (Å²) in [5.74, 6) is -0.281. The van der Waals surface area contributed by atoms with Crippen LogP contribution in [0.3, 0.4) is 0 Å². The molecule has 0 saturated carbocycles. The highest BCUT2D eigenvalue weighted by Crippen LogP contribution is 2.29. The van der Waals surface area contributed by atoms with Crippen LogP contribution >= 0.6 is 11.3 Å². The van der Waals surface area contributed by atoms with Gasteiger partial charge in [0.05, 0.1) is 11.7 Å². The summed E-state index contributed by atoms with van der Waals surface area (Å²) in [5.41, 5.74) is -0.000398. The van der Waals surface area contributed by atoms with Crippen molar-refractivity contribution in [3.8, 4) is 0 Å². The quantitative estimate of drug-likeness (QED) is 0.745. The molecule has 0 bridgehead atoms. The van der Waals surface area contributed by atoms with Gasteiger partial charge >= 0.3 is 0 Å². The topological polar surface area (TPSA) is 81.7 Å². The lowest BCUT2D eigenvalue weighted by molar-refractivity contribution is -0.123. The zero-order valence-corrected chi connectivity index (χ0v) is 16.3. The van der Waals surface area contributed by atoms with E-state index in [9.17, 15) is 14.7 Å². The first kappa shape index (κ1) is 19.9. The Labute approximate surface area is 153 Å². The highest BCUT2D eigenvalue weighted by molar-refractivity contribution is 7.16. The van der Waals surface area contributed by atoms with E-state index in [1.165, 1.54) is 11.3 Å². The van der Waals surface area contributed by atoms with Gasteiger partial charge in [-0.2, -0.15) is 0 Å². The number of thiophene rings is 1. The molecule has 1 aromatic rings. The van der Waals surface area contributed by atoms with Gasteiger partial charge in [0.2, 0.25) is 5.91 Å². The van der Waals surface area contributed by atoms with Crippen molar-refractivity contribution in [1.29, 1.82) is 0 Å². The van der Waals surface area contributed by atoms with E-state index in [1.807, 2.05) is 33.8 Å². The summed E-state index contributed by atoms with van der Waals surface area (Å²) in [5, 5.41) is 16.1. The zero-order valence-electron chi connectivity index (χ0n) is 15.5. The van der Waals surface area contributed by atoms with Crippen molar-refractivity contribution >= 4 is 28.2 Å². The lowest BCUT2D eigenvalue weighted by Crippen LogP contribution is -2.42. The molecule has 25 heavy (non-hydrogen) atoms. The van der Waals surface area contributed by atoms with E-state index in [0.717, 1.165) is 30.8 Å². The fourth-order valence-corrected chi connectivity index (χ4v) is 3.63. The van der Waals surface area contributed by atoms with Gasteiger partial charge in [0.1, 0.15) is 5.00 Å². The fraction of sp³-hybridized carbons (Fsp3) is 0.667. The van der Waals surface area contributed by atoms with E-state index in [2.05, 4.69) is 15.5 Å². The number of nitrogens with zero attached hydrogens (tertiary/aromatic N) is 1. The third-order valence-corrected chi connectivity index (χ3v) is 5.17. The van der Waals surface area contributed by atoms with Gasteiger partial charge in [0, 0.05) is 29.9 Å². The van der Waals surface area contributed by atoms with Gasteiger partial charge in [-0.3, -0.25) is 14.5 Å². The van der Waals surface area contributed by atoms with Crippen molar-refractivity contribution in [3.63, 3.8) is 0 Å². The number of likely N-dealkylation sites (tertiary alicyclic amines) is 1. The van der Waals surface area contributed by atoms with Gasteiger partial charge in [-0.25, -0.2) is 0 Å². The van der Waals surface area contributed by atoms with E-state index < -0.39 is 5.41 Å². The molecular weight excluding hydrogens is 338 g/mol. The van der Waals surface area contributed by atoms with Crippen LogP contribution in [0.25, 0.3) is 0 Å². The number of aryl methyl sites for hydroxylation is 1. The summed E-state index contributed by atoms with van der Waals surface area (Å²) in [4.78, 5) is 27.8. The smallest absolute Gasteiger partial charge is 0.254 e. The van der Waals surface area contributed by atoms with Gasteiger partial charge in [-0.1, -0.05) is 20.8 Å². The van der Waals surface area contributed by atoms with Gasteiger partial charge in [0.15, 0.2) is 0 Å². The van der Waals surface area contributed by atoms with E-state index in [-0.39, 0.29) is 17.9 Å². The fourth-order valence-electron chi connectivity index (χ4n) is 2.72. The Kier molecular flexibility index (Phi) is 6.59. The van der Waals surface area contributed by atoms with Gasteiger partial charge in [0.25, 0.3) is 5.91 Å². The molecule has 2 rings (SSSR count). The van der Waals surface area contributed by atoms with E-state index >= 15 is 0 Å². The Morgan fingerprint density at radius 3 is 2.76 bits per heavy atom. The molecule has 1 saturated heterocycles. The molecule has 1 aliphatic heterocycles. The first-order chi connectivity index (χ1) is 11.7. The van der Waals surface area contributed by atoms with Crippen LogP contribution < -0.4 is 10.6 Å². The molecule has 6 nitrogen and oxygen atoms in total. The Balaban J connectivity index is 1.91. The standard InChI is InChI=1S/C18H29N3O3S/c1-12-10-14(16(25-12)20-17(24)18(2,3)4)15(23)19-7-9-21-8-5-6-13(22)11-21/h10,13,22H,5-9,11H2,1-4H3,(H,19,23)(H,20,24). The average molecular weight is 368 g/mol. The number of amides is 2. The number of rotatable bonds is 5. The number of aliphatic hydroxyl groups is 1. The SMILES string of the molecule is Cc1cc(C(=O)NCCN2CCCC(O)C2)c(NC(=O)C(C)(C)C)s1. The highest BCUT2D eigenvalue weighted by Gasteiger charge is 2.24. The maximum absolute atomic E-state index is 12.5. The second-order valence-electron chi connectivity index (χ2n) is 7.66. The molecular formula is C18H29N3O3S. The van der Waals surface area contributed by atoms with Crippen LogP contribution in [-0.2, 0) is 4.79 Å². The van der Waals surface area contributed by atoms with Crippen LogP contribution in [0.2, 0.25) is 0 Å². The Bertz CT molecular complexity index is 622. The molecule has 3 N–H and O–H groups in total. The van der Waals surface area contributed by atoms with Crippen molar-refractivity contribution < 1.29 is 14.7 Å². The van der Waals surface area contributed by atoms with Crippen LogP contribution in [-0.4, -0.2) is 54.1 Å². The summed E-state index contributed by atoms with van der Waals surface area (Å²) in [6, 6.07) is 1.81. The molecule has 140 valence electrons. The maximum Gasteiger partial charge on any atom is 0.254 e. The monoisotopic (exact) mass is 367 g/mol. The van der Waals surface area contributed by atoms with Gasteiger partial charge in [-0.05, 0) is 32.4 Å². The van der Waals surface area contributed by atoms with Crippen molar-refractivity contribution in [3.05, 3.63) is 16.5 Å². The van der Waals surface area contributed by atoms with Gasteiger partial charge < -0.3 is 15.7 Å². The number of carbonyl (C=O) groups excluding carboxylic acids is 2. The molecule has 1 fully saturated rings. The maximum atomic E-state index is 12.5. The van der Waals surface area contributed by atoms with Crippen LogP contribution in [0.15, 0.2) is 6.07 Å². The van der Waals surface area contributed by atoms with Crippen molar-refractivity contribution in [2.24, 2.45) is 5.41 Å². The first-order valence-corrected chi connectivity index (χ1v) is 9.59. The normalized spacial score (nSPS) is 18.8. The molecule has 0 radical (unpaired) electrons. The Morgan fingerprint density at radius 1 is 1.40 bits per heavy atom. The summed E-state index contributed by atoms with van der Waals surface area (Å²) in [7, 11) is 0. The molecule has 2 amide bonds.